The summed E-state index contributed by atoms with van der Waals surface area (Å²) in [5, 5.41) is 6.28. The topological polar surface area (TPSA) is 55.0 Å². The first-order chi connectivity index (χ1) is 15.4. The van der Waals surface area contributed by atoms with Crippen molar-refractivity contribution in [2.75, 3.05) is 24.6 Å². The van der Waals surface area contributed by atoms with E-state index in [0.29, 0.717) is 13.2 Å². The van der Waals surface area contributed by atoms with Crippen LogP contribution >= 0.6 is 0 Å². The summed E-state index contributed by atoms with van der Waals surface area (Å²) in [5.41, 5.74) is 1.96. The van der Waals surface area contributed by atoms with Crippen LogP contribution in [0, 0.1) is 0 Å². The fraction of sp³-hybridized carbons (Fsp3) is 0.391. The van der Waals surface area contributed by atoms with Crippen LogP contribution < -0.4 is 25.0 Å². The number of benzene rings is 2. The van der Waals surface area contributed by atoms with Crippen LogP contribution in [0.4, 0.5) is 18.9 Å². The van der Waals surface area contributed by atoms with Gasteiger partial charge < -0.3 is 29.7 Å². The van der Waals surface area contributed by atoms with Crippen molar-refractivity contribution in [2.24, 2.45) is 0 Å². The average Bonchev–Trinajstić information content (AvgIpc) is 3.31. The molecule has 32 heavy (non-hydrogen) atoms. The lowest BCUT2D eigenvalue weighted by molar-refractivity contribution is -0.274. The van der Waals surface area contributed by atoms with Crippen LogP contribution in [0.3, 0.4) is 0 Å². The van der Waals surface area contributed by atoms with E-state index in [4.69, 9.17) is 9.47 Å². The molecule has 1 saturated heterocycles. The highest BCUT2D eigenvalue weighted by atomic mass is 19.4. The van der Waals surface area contributed by atoms with E-state index in [1.165, 1.54) is 12.1 Å². The Labute approximate surface area is 184 Å². The van der Waals surface area contributed by atoms with Crippen molar-refractivity contribution in [1.29, 1.82) is 0 Å². The van der Waals surface area contributed by atoms with E-state index in [1.54, 1.807) is 12.1 Å². The van der Waals surface area contributed by atoms with Gasteiger partial charge >= 0.3 is 6.36 Å². The van der Waals surface area contributed by atoms with Gasteiger partial charge in [-0.15, -0.1) is 13.2 Å². The Morgan fingerprint density at radius 2 is 1.50 bits per heavy atom. The third-order valence-corrected chi connectivity index (χ3v) is 5.38. The van der Waals surface area contributed by atoms with Crippen LogP contribution in [-0.4, -0.2) is 38.3 Å². The summed E-state index contributed by atoms with van der Waals surface area (Å²) in [7, 11) is 0. The number of hydrogen-bond acceptors (Lipinski definition) is 6. The van der Waals surface area contributed by atoms with Crippen molar-refractivity contribution in [2.45, 2.75) is 38.1 Å². The molecule has 0 radical (unpaired) electrons. The molecule has 2 N–H and O–H groups in total. The van der Waals surface area contributed by atoms with Crippen molar-refractivity contribution < 1.29 is 27.4 Å². The fourth-order valence-corrected chi connectivity index (χ4v) is 3.69. The maximum absolute atomic E-state index is 12.2. The molecule has 6 nitrogen and oxygen atoms in total. The molecule has 0 amide bonds. The minimum Gasteiger partial charge on any atom is -0.489 e. The fourth-order valence-electron chi connectivity index (χ4n) is 3.69. The Morgan fingerprint density at radius 3 is 2.12 bits per heavy atom. The molecule has 0 bridgehead atoms. The molecule has 0 aliphatic carbocycles. The highest BCUT2D eigenvalue weighted by Gasteiger charge is 2.31. The maximum atomic E-state index is 12.2. The van der Waals surface area contributed by atoms with Gasteiger partial charge in [0.05, 0.1) is 12.7 Å². The Bertz CT molecular complexity index is 872. The molecule has 0 saturated carbocycles. The van der Waals surface area contributed by atoms with Gasteiger partial charge in [-0.25, -0.2) is 0 Å². The van der Waals surface area contributed by atoms with Crippen molar-refractivity contribution in [3.63, 3.8) is 0 Å². The zero-order chi connectivity index (χ0) is 22.4. The summed E-state index contributed by atoms with van der Waals surface area (Å²) >= 11 is 0. The molecule has 0 unspecified atom stereocenters. The molecular formula is C23H26F3N3O3. The van der Waals surface area contributed by atoms with E-state index in [-0.39, 0.29) is 18.0 Å². The molecule has 0 aromatic heterocycles. The molecule has 2 aliphatic heterocycles. The van der Waals surface area contributed by atoms with Crippen LogP contribution in [0.25, 0.3) is 0 Å². The number of rotatable bonds is 8. The first-order valence-electron chi connectivity index (χ1n) is 10.6. The van der Waals surface area contributed by atoms with Crippen molar-refractivity contribution in [3.05, 3.63) is 66.5 Å². The van der Waals surface area contributed by atoms with Gasteiger partial charge in [0.1, 0.15) is 24.3 Å². The largest absolute Gasteiger partial charge is 0.573 e. The zero-order valence-corrected chi connectivity index (χ0v) is 17.5. The van der Waals surface area contributed by atoms with Gasteiger partial charge in [0, 0.05) is 31.2 Å². The van der Waals surface area contributed by atoms with E-state index in [2.05, 4.69) is 32.4 Å². The van der Waals surface area contributed by atoms with E-state index >= 15 is 0 Å². The molecular weight excluding hydrogens is 423 g/mol. The standard InChI is InChI=1S/C23H26F3N3O3/c24-23(25,26)32-21-5-1-17(2-6-21)15-30-20-9-13-29(14-10-20)18-3-7-19(8-4-18)31-16-22-27-11-12-28-22/h1-8,11-12,20,22,27-28H,9-10,13-16H2. The Balaban J connectivity index is 1.18. The number of nitrogens with one attached hydrogen (secondary N) is 2. The molecule has 4 rings (SSSR count). The molecule has 9 heteroatoms. The number of ether oxygens (including phenoxy) is 3. The van der Waals surface area contributed by atoms with Gasteiger partial charge in [-0.1, -0.05) is 12.1 Å². The highest BCUT2D eigenvalue weighted by molar-refractivity contribution is 5.49. The second-order valence-corrected chi connectivity index (χ2v) is 7.71. The Hall–Kier alpha value is -3.07. The molecule has 1 fully saturated rings. The summed E-state index contributed by atoms with van der Waals surface area (Å²) in [4.78, 5) is 2.32. The van der Waals surface area contributed by atoms with Crippen LogP contribution in [0.15, 0.2) is 60.9 Å². The maximum Gasteiger partial charge on any atom is 0.573 e. The molecule has 172 valence electrons. The van der Waals surface area contributed by atoms with Gasteiger partial charge in [0.2, 0.25) is 0 Å². The van der Waals surface area contributed by atoms with Gasteiger partial charge in [0.15, 0.2) is 0 Å². The van der Waals surface area contributed by atoms with Crippen LogP contribution in [0.1, 0.15) is 18.4 Å². The smallest absolute Gasteiger partial charge is 0.489 e. The highest BCUT2D eigenvalue weighted by Crippen LogP contribution is 2.26. The van der Waals surface area contributed by atoms with Crippen LogP contribution in [0.2, 0.25) is 0 Å². The SMILES string of the molecule is FC(F)(F)Oc1ccc(COC2CCN(c3ccc(OCC4NC=CN4)cc3)CC2)cc1. The van der Waals surface area contributed by atoms with Crippen LogP contribution in [0.5, 0.6) is 11.5 Å². The second kappa shape index (κ2) is 10.0. The van der Waals surface area contributed by atoms with E-state index in [1.807, 2.05) is 24.5 Å². The van der Waals surface area contributed by atoms with E-state index in [0.717, 1.165) is 42.9 Å². The molecule has 2 heterocycles. The lowest BCUT2D eigenvalue weighted by Gasteiger charge is -2.33. The normalized spacial score (nSPS) is 17.2. The lowest BCUT2D eigenvalue weighted by atomic mass is 10.1. The monoisotopic (exact) mass is 449 g/mol. The third kappa shape index (κ3) is 6.46. The van der Waals surface area contributed by atoms with Gasteiger partial charge in [-0.3, -0.25) is 0 Å². The quantitative estimate of drug-likeness (QED) is 0.632. The molecule has 2 aromatic carbocycles. The zero-order valence-electron chi connectivity index (χ0n) is 17.5. The lowest BCUT2D eigenvalue weighted by Crippen LogP contribution is -2.37. The summed E-state index contributed by atoms with van der Waals surface area (Å²) in [6, 6.07) is 13.9. The molecule has 2 aromatic rings. The predicted molar refractivity (Wildman–Crippen MR) is 114 cm³/mol. The van der Waals surface area contributed by atoms with Crippen LogP contribution in [-0.2, 0) is 11.3 Å². The summed E-state index contributed by atoms with van der Waals surface area (Å²) in [5.74, 6) is 0.601. The van der Waals surface area contributed by atoms with Crippen molar-refractivity contribution >= 4 is 5.69 Å². The van der Waals surface area contributed by atoms with Gasteiger partial charge in [-0.2, -0.15) is 0 Å². The van der Waals surface area contributed by atoms with Crippen molar-refractivity contribution in [1.82, 2.24) is 10.6 Å². The minimum atomic E-state index is -4.68. The third-order valence-electron chi connectivity index (χ3n) is 5.38. The summed E-state index contributed by atoms with van der Waals surface area (Å²) < 4.78 is 52.3. The summed E-state index contributed by atoms with van der Waals surface area (Å²) in [6.45, 7) is 2.66. The number of alkyl halides is 3. The number of nitrogens with zero attached hydrogens (tertiary/aromatic N) is 1. The number of piperidine rings is 1. The molecule has 0 atom stereocenters. The first-order valence-corrected chi connectivity index (χ1v) is 10.6. The Kier molecular flexibility index (Phi) is 6.94. The van der Waals surface area contributed by atoms with Gasteiger partial charge in [0.25, 0.3) is 0 Å². The predicted octanol–water partition coefficient (Wildman–Crippen LogP) is 4.14. The van der Waals surface area contributed by atoms with Gasteiger partial charge in [-0.05, 0) is 54.8 Å². The molecule has 0 spiro atoms. The average molecular weight is 449 g/mol. The molecule has 2 aliphatic rings. The Morgan fingerprint density at radius 1 is 0.875 bits per heavy atom. The van der Waals surface area contributed by atoms with E-state index < -0.39 is 6.36 Å². The second-order valence-electron chi connectivity index (χ2n) is 7.71. The number of hydrogen-bond donors (Lipinski definition) is 2. The number of halogens is 3. The minimum absolute atomic E-state index is 0.0971. The summed E-state index contributed by atoms with van der Waals surface area (Å²) in [6.07, 6.45) is 1.03. The number of anilines is 1. The van der Waals surface area contributed by atoms with E-state index in [9.17, 15) is 13.2 Å². The first kappa shape index (κ1) is 22.1. The van der Waals surface area contributed by atoms with Crippen molar-refractivity contribution in [3.8, 4) is 11.5 Å².